The van der Waals surface area contributed by atoms with E-state index in [4.69, 9.17) is 4.52 Å². The molecule has 6 heteroatoms. The molecule has 0 aliphatic rings. The van der Waals surface area contributed by atoms with Gasteiger partial charge in [-0.2, -0.15) is 0 Å². The van der Waals surface area contributed by atoms with Crippen LogP contribution in [0.3, 0.4) is 0 Å². The van der Waals surface area contributed by atoms with Gasteiger partial charge in [-0.15, -0.1) is 0 Å². The molecule has 0 unspecified atom stereocenters. The van der Waals surface area contributed by atoms with Gasteiger partial charge in [-0.3, -0.25) is 14.6 Å². The maximum Gasteiger partial charge on any atom is 0.277 e. The normalized spacial score (nSPS) is 10.3. The predicted molar refractivity (Wildman–Crippen MR) is 84.1 cm³/mol. The molecule has 114 valence electrons. The number of hydrogen-bond donors (Lipinski definition) is 1. The average molecular weight is 307 g/mol. The minimum atomic E-state index is -0.447. The fourth-order valence-electron chi connectivity index (χ4n) is 2.11. The zero-order valence-electron chi connectivity index (χ0n) is 12.3. The summed E-state index contributed by atoms with van der Waals surface area (Å²) in [6.45, 7) is 1.45. The number of amides is 1. The van der Waals surface area contributed by atoms with Crippen molar-refractivity contribution in [2.75, 3.05) is 5.32 Å². The molecular formula is C17H13N3O3. The Balaban J connectivity index is 1.83. The van der Waals surface area contributed by atoms with Crippen molar-refractivity contribution in [1.82, 2.24) is 10.1 Å². The first-order valence-electron chi connectivity index (χ1n) is 6.93. The topological polar surface area (TPSA) is 85.1 Å². The largest absolute Gasteiger partial charge is 0.355 e. The fourth-order valence-corrected chi connectivity index (χ4v) is 2.11. The van der Waals surface area contributed by atoms with Gasteiger partial charge in [0, 0.05) is 29.6 Å². The van der Waals surface area contributed by atoms with E-state index in [2.05, 4.69) is 15.5 Å². The first kappa shape index (κ1) is 14.6. The summed E-state index contributed by atoms with van der Waals surface area (Å²) in [6.07, 6.45) is 3.26. The van der Waals surface area contributed by atoms with E-state index in [9.17, 15) is 9.59 Å². The van der Waals surface area contributed by atoms with E-state index in [-0.39, 0.29) is 11.5 Å². The molecule has 0 saturated heterocycles. The maximum absolute atomic E-state index is 12.3. The van der Waals surface area contributed by atoms with E-state index < -0.39 is 5.91 Å². The van der Waals surface area contributed by atoms with Crippen molar-refractivity contribution in [2.24, 2.45) is 0 Å². The Kier molecular flexibility index (Phi) is 3.97. The number of carbonyl (C=O) groups excluding carboxylic acids is 2. The molecule has 0 aliphatic heterocycles. The quantitative estimate of drug-likeness (QED) is 0.748. The molecule has 3 rings (SSSR count). The van der Waals surface area contributed by atoms with E-state index in [1.165, 1.54) is 13.0 Å². The molecule has 1 N–H and O–H groups in total. The van der Waals surface area contributed by atoms with E-state index in [1.54, 1.807) is 48.8 Å². The van der Waals surface area contributed by atoms with Gasteiger partial charge in [0.1, 0.15) is 0 Å². The highest BCUT2D eigenvalue weighted by Crippen LogP contribution is 2.21. The number of anilines is 1. The lowest BCUT2D eigenvalue weighted by Crippen LogP contribution is -2.14. The number of para-hydroxylation sites is 1. The second-order valence-electron chi connectivity index (χ2n) is 4.87. The van der Waals surface area contributed by atoms with Crippen molar-refractivity contribution in [3.05, 3.63) is 66.1 Å². The zero-order chi connectivity index (χ0) is 16.2. The van der Waals surface area contributed by atoms with Crippen LogP contribution in [0.15, 0.2) is 59.4 Å². The summed E-state index contributed by atoms with van der Waals surface area (Å²) in [6, 6.07) is 11.9. The molecule has 0 bridgehead atoms. The molecule has 0 saturated carbocycles. The van der Waals surface area contributed by atoms with Crippen LogP contribution in [0.5, 0.6) is 0 Å². The average Bonchev–Trinajstić information content (AvgIpc) is 3.06. The lowest BCUT2D eigenvalue weighted by molar-refractivity contribution is 0.101. The van der Waals surface area contributed by atoms with E-state index in [0.717, 1.165) is 5.56 Å². The highest BCUT2D eigenvalue weighted by molar-refractivity contribution is 6.08. The van der Waals surface area contributed by atoms with Crippen LogP contribution < -0.4 is 5.32 Å². The second-order valence-corrected chi connectivity index (χ2v) is 4.87. The molecule has 0 spiro atoms. The molecular weight excluding hydrogens is 294 g/mol. The summed E-state index contributed by atoms with van der Waals surface area (Å²) in [5, 5.41) is 6.44. The third-order valence-electron chi connectivity index (χ3n) is 3.24. The standard InChI is InChI=1S/C17H13N3O3/c1-11(21)13-6-2-3-7-14(13)19-17(22)15-9-16(23-20-15)12-5-4-8-18-10-12/h2-10H,1H3,(H,19,22). The van der Waals surface area contributed by atoms with Gasteiger partial charge >= 0.3 is 0 Å². The molecule has 0 aliphatic carbocycles. The Hall–Kier alpha value is -3.28. The second kappa shape index (κ2) is 6.23. The van der Waals surface area contributed by atoms with Gasteiger partial charge in [-0.25, -0.2) is 0 Å². The highest BCUT2D eigenvalue weighted by Gasteiger charge is 2.16. The number of ketones is 1. The van der Waals surface area contributed by atoms with Crippen LogP contribution in [0.4, 0.5) is 5.69 Å². The minimum Gasteiger partial charge on any atom is -0.355 e. The van der Waals surface area contributed by atoms with Crippen molar-refractivity contribution >= 4 is 17.4 Å². The summed E-state index contributed by atoms with van der Waals surface area (Å²) in [7, 11) is 0. The Morgan fingerprint density at radius 1 is 1.13 bits per heavy atom. The monoisotopic (exact) mass is 307 g/mol. The number of hydrogen-bond acceptors (Lipinski definition) is 5. The van der Waals surface area contributed by atoms with E-state index in [0.29, 0.717) is 17.0 Å². The van der Waals surface area contributed by atoms with Crippen LogP contribution in [0.1, 0.15) is 27.8 Å². The summed E-state index contributed by atoms with van der Waals surface area (Å²) in [4.78, 5) is 27.8. The molecule has 0 atom stereocenters. The molecule has 2 heterocycles. The van der Waals surface area contributed by atoms with E-state index >= 15 is 0 Å². The molecule has 1 aromatic carbocycles. The molecule has 0 fully saturated rings. The molecule has 23 heavy (non-hydrogen) atoms. The Labute approximate surface area is 132 Å². The number of Topliss-reactive ketones (excluding diaryl/α,β-unsaturated/α-hetero) is 1. The van der Waals surface area contributed by atoms with Crippen molar-refractivity contribution in [2.45, 2.75) is 6.92 Å². The smallest absolute Gasteiger partial charge is 0.277 e. The van der Waals surface area contributed by atoms with Crippen LogP contribution in [-0.4, -0.2) is 21.8 Å². The highest BCUT2D eigenvalue weighted by atomic mass is 16.5. The van der Waals surface area contributed by atoms with Crippen LogP contribution in [0, 0.1) is 0 Å². The Morgan fingerprint density at radius 3 is 2.70 bits per heavy atom. The van der Waals surface area contributed by atoms with Crippen LogP contribution in [-0.2, 0) is 0 Å². The summed E-state index contributed by atoms with van der Waals surface area (Å²) in [5.74, 6) is -0.127. The van der Waals surface area contributed by atoms with Gasteiger partial charge in [0.15, 0.2) is 17.2 Å². The van der Waals surface area contributed by atoms with Crippen molar-refractivity contribution < 1.29 is 14.1 Å². The predicted octanol–water partition coefficient (Wildman–Crippen LogP) is 3.19. The van der Waals surface area contributed by atoms with E-state index in [1.807, 2.05) is 0 Å². The minimum absolute atomic E-state index is 0.127. The Bertz CT molecular complexity index is 856. The third-order valence-corrected chi connectivity index (χ3v) is 3.24. The van der Waals surface area contributed by atoms with Gasteiger partial charge < -0.3 is 9.84 Å². The van der Waals surface area contributed by atoms with Gasteiger partial charge in [-0.1, -0.05) is 17.3 Å². The molecule has 3 aromatic rings. The number of carbonyl (C=O) groups is 2. The van der Waals surface area contributed by atoms with Crippen molar-refractivity contribution in [3.8, 4) is 11.3 Å². The van der Waals surface area contributed by atoms with Crippen molar-refractivity contribution in [3.63, 3.8) is 0 Å². The number of benzene rings is 1. The van der Waals surface area contributed by atoms with Gasteiger partial charge in [0.05, 0.1) is 5.69 Å². The fraction of sp³-hybridized carbons (Fsp3) is 0.0588. The number of nitrogens with zero attached hydrogens (tertiary/aromatic N) is 2. The summed E-state index contributed by atoms with van der Waals surface area (Å²) < 4.78 is 5.17. The maximum atomic E-state index is 12.3. The Morgan fingerprint density at radius 2 is 1.96 bits per heavy atom. The molecule has 6 nitrogen and oxygen atoms in total. The molecule has 0 radical (unpaired) electrons. The van der Waals surface area contributed by atoms with Gasteiger partial charge in [0.2, 0.25) is 0 Å². The lowest BCUT2D eigenvalue weighted by Gasteiger charge is -2.06. The zero-order valence-corrected chi connectivity index (χ0v) is 12.3. The lowest BCUT2D eigenvalue weighted by atomic mass is 10.1. The van der Waals surface area contributed by atoms with Gasteiger partial charge in [-0.05, 0) is 31.2 Å². The first-order chi connectivity index (χ1) is 11.1. The van der Waals surface area contributed by atoms with Gasteiger partial charge in [0.25, 0.3) is 5.91 Å². The number of pyridine rings is 1. The SMILES string of the molecule is CC(=O)c1ccccc1NC(=O)c1cc(-c2cccnc2)on1. The molecule has 1 amide bonds. The number of rotatable bonds is 4. The first-order valence-corrected chi connectivity index (χ1v) is 6.93. The number of aromatic nitrogens is 2. The van der Waals surface area contributed by atoms with Crippen LogP contribution in [0.2, 0.25) is 0 Å². The summed E-state index contributed by atoms with van der Waals surface area (Å²) >= 11 is 0. The molecule has 2 aromatic heterocycles. The number of nitrogens with one attached hydrogen (secondary N) is 1. The van der Waals surface area contributed by atoms with Crippen LogP contribution in [0.25, 0.3) is 11.3 Å². The van der Waals surface area contributed by atoms with Crippen molar-refractivity contribution in [1.29, 1.82) is 0 Å². The summed E-state index contributed by atoms with van der Waals surface area (Å²) in [5.41, 5.74) is 1.73. The van der Waals surface area contributed by atoms with Crippen LogP contribution >= 0.6 is 0 Å². The third kappa shape index (κ3) is 3.16.